The lowest BCUT2D eigenvalue weighted by atomic mass is 10.2. The number of carbonyl (C=O) groups excluding carboxylic acids is 2. The van der Waals surface area contributed by atoms with Crippen LogP contribution >= 0.6 is 0 Å². The van der Waals surface area contributed by atoms with Crippen molar-refractivity contribution in [1.29, 1.82) is 0 Å². The van der Waals surface area contributed by atoms with Gasteiger partial charge in [-0.3, -0.25) is 14.4 Å². The molecule has 0 aliphatic heterocycles. The molecule has 2 amide bonds. The fourth-order valence-electron chi connectivity index (χ4n) is 2.33. The molecule has 0 unspecified atom stereocenters. The van der Waals surface area contributed by atoms with Crippen molar-refractivity contribution < 1.29 is 9.59 Å². The molecule has 0 bridgehead atoms. The summed E-state index contributed by atoms with van der Waals surface area (Å²) >= 11 is 0. The van der Waals surface area contributed by atoms with Gasteiger partial charge in [0.05, 0.1) is 0 Å². The highest BCUT2D eigenvalue weighted by Crippen LogP contribution is 2.09. The molecule has 7 nitrogen and oxygen atoms in total. The van der Waals surface area contributed by atoms with Gasteiger partial charge >= 0.3 is 0 Å². The third-order valence-electron chi connectivity index (χ3n) is 3.72. The Morgan fingerprint density at radius 2 is 1.77 bits per heavy atom. The van der Waals surface area contributed by atoms with Crippen LogP contribution in [0.2, 0.25) is 0 Å². The molecule has 0 fully saturated rings. The van der Waals surface area contributed by atoms with Crippen LogP contribution in [0.1, 0.15) is 15.9 Å². The highest BCUT2D eigenvalue weighted by atomic mass is 16.2. The van der Waals surface area contributed by atoms with Crippen molar-refractivity contribution in [3.63, 3.8) is 0 Å². The lowest BCUT2D eigenvalue weighted by Crippen LogP contribution is -2.31. The number of aryl methyl sites for hydroxylation is 1. The van der Waals surface area contributed by atoms with E-state index in [1.165, 1.54) is 10.6 Å². The van der Waals surface area contributed by atoms with Gasteiger partial charge in [-0.15, -0.1) is 0 Å². The van der Waals surface area contributed by atoms with Crippen LogP contribution in [-0.4, -0.2) is 48.5 Å². The summed E-state index contributed by atoms with van der Waals surface area (Å²) in [5, 5.41) is 5.55. The molecule has 0 spiro atoms. The van der Waals surface area contributed by atoms with Crippen LogP contribution in [0.5, 0.6) is 0 Å². The lowest BCUT2D eigenvalue weighted by Gasteiger charge is -2.11. The van der Waals surface area contributed by atoms with Gasteiger partial charge < -0.3 is 20.1 Å². The van der Waals surface area contributed by atoms with Gasteiger partial charge in [-0.05, 0) is 50.8 Å². The van der Waals surface area contributed by atoms with Gasteiger partial charge in [-0.2, -0.15) is 0 Å². The Hall–Kier alpha value is -2.93. The van der Waals surface area contributed by atoms with E-state index in [4.69, 9.17) is 0 Å². The lowest BCUT2D eigenvalue weighted by molar-refractivity contribution is -0.116. The van der Waals surface area contributed by atoms with Gasteiger partial charge in [0, 0.05) is 36.6 Å². The number of nitrogens with one attached hydrogen (secondary N) is 2. The minimum Gasteiger partial charge on any atom is -0.351 e. The van der Waals surface area contributed by atoms with Gasteiger partial charge in [0.15, 0.2) is 0 Å². The van der Waals surface area contributed by atoms with E-state index in [0.717, 1.165) is 12.1 Å². The summed E-state index contributed by atoms with van der Waals surface area (Å²) in [6.45, 7) is 3.12. The van der Waals surface area contributed by atoms with E-state index in [-0.39, 0.29) is 23.9 Å². The van der Waals surface area contributed by atoms with Crippen LogP contribution < -0.4 is 16.2 Å². The maximum Gasteiger partial charge on any atom is 0.251 e. The second-order valence-electron chi connectivity index (χ2n) is 6.36. The number of benzene rings is 1. The van der Waals surface area contributed by atoms with Crippen molar-refractivity contribution in [1.82, 2.24) is 14.8 Å². The smallest absolute Gasteiger partial charge is 0.251 e. The number of rotatable bonds is 7. The molecule has 2 aromatic rings. The summed E-state index contributed by atoms with van der Waals surface area (Å²) in [7, 11) is 3.88. The molecule has 7 heteroatoms. The zero-order valence-electron chi connectivity index (χ0n) is 15.3. The minimum atomic E-state index is -0.305. The van der Waals surface area contributed by atoms with Gasteiger partial charge in [0.1, 0.15) is 6.54 Å². The topological polar surface area (TPSA) is 83.4 Å². The number of hydrogen-bond donors (Lipinski definition) is 2. The first-order valence-corrected chi connectivity index (χ1v) is 8.35. The normalized spacial score (nSPS) is 10.6. The van der Waals surface area contributed by atoms with Crippen molar-refractivity contribution in [2.75, 3.05) is 32.5 Å². The Morgan fingerprint density at radius 1 is 1.08 bits per heavy atom. The Morgan fingerprint density at radius 3 is 2.42 bits per heavy atom. The summed E-state index contributed by atoms with van der Waals surface area (Å²) < 4.78 is 1.36. The van der Waals surface area contributed by atoms with Crippen LogP contribution in [0.25, 0.3) is 0 Å². The van der Waals surface area contributed by atoms with E-state index >= 15 is 0 Å². The van der Waals surface area contributed by atoms with Gasteiger partial charge in [0.2, 0.25) is 5.91 Å². The second kappa shape index (κ2) is 8.96. The number of pyridine rings is 1. The van der Waals surface area contributed by atoms with Crippen molar-refractivity contribution >= 4 is 17.5 Å². The van der Waals surface area contributed by atoms with Crippen molar-refractivity contribution in [3.05, 3.63) is 64.1 Å². The molecule has 0 aliphatic carbocycles. The van der Waals surface area contributed by atoms with E-state index < -0.39 is 0 Å². The molecule has 1 aromatic carbocycles. The van der Waals surface area contributed by atoms with Gasteiger partial charge in [-0.25, -0.2) is 0 Å². The first kappa shape index (κ1) is 19.4. The Bertz CT molecular complexity index is 825. The second-order valence-corrected chi connectivity index (χ2v) is 6.36. The SMILES string of the molecule is Cc1ccc(=O)n(CC(=O)Nc2ccc(C(=O)NCCN(C)C)cc2)c1. The maximum absolute atomic E-state index is 12.1. The molecule has 1 aromatic heterocycles. The standard InChI is InChI=1S/C19H24N4O3/c1-14-4-9-18(25)23(12-14)13-17(24)21-16-7-5-15(6-8-16)19(26)20-10-11-22(2)3/h4-9,12H,10-11,13H2,1-3H3,(H,20,26)(H,21,24). The Balaban J connectivity index is 1.92. The number of likely N-dealkylation sites (N-methyl/N-ethyl adjacent to an activating group) is 1. The molecule has 2 N–H and O–H groups in total. The van der Waals surface area contributed by atoms with Gasteiger partial charge in [-0.1, -0.05) is 6.07 Å². The number of anilines is 1. The van der Waals surface area contributed by atoms with Crippen molar-refractivity contribution in [2.24, 2.45) is 0 Å². The number of aromatic nitrogens is 1. The highest BCUT2D eigenvalue weighted by molar-refractivity contribution is 5.95. The number of amides is 2. The number of hydrogen-bond acceptors (Lipinski definition) is 4. The predicted octanol–water partition coefficient (Wildman–Crippen LogP) is 1.09. The Kier molecular flexibility index (Phi) is 6.68. The fourth-order valence-corrected chi connectivity index (χ4v) is 2.33. The van der Waals surface area contributed by atoms with E-state index in [1.807, 2.05) is 25.9 Å². The highest BCUT2D eigenvalue weighted by Gasteiger charge is 2.08. The average molecular weight is 356 g/mol. The van der Waals surface area contributed by atoms with E-state index in [2.05, 4.69) is 10.6 Å². The molecule has 138 valence electrons. The summed E-state index contributed by atoms with van der Waals surface area (Å²) in [6, 6.07) is 9.78. The minimum absolute atomic E-state index is 0.0622. The predicted molar refractivity (Wildman–Crippen MR) is 101 cm³/mol. The molecule has 0 saturated carbocycles. The molecule has 0 atom stereocenters. The first-order valence-electron chi connectivity index (χ1n) is 8.35. The third kappa shape index (κ3) is 5.86. The molecular formula is C19H24N4O3. The zero-order chi connectivity index (χ0) is 19.1. The van der Waals surface area contributed by atoms with Crippen LogP contribution in [0, 0.1) is 6.92 Å². The average Bonchev–Trinajstić information content (AvgIpc) is 2.58. The van der Waals surface area contributed by atoms with Crippen molar-refractivity contribution in [2.45, 2.75) is 13.5 Å². The zero-order valence-corrected chi connectivity index (χ0v) is 15.3. The van der Waals surface area contributed by atoms with Crippen LogP contribution in [-0.2, 0) is 11.3 Å². The van der Waals surface area contributed by atoms with Crippen LogP contribution in [0.3, 0.4) is 0 Å². The molecule has 26 heavy (non-hydrogen) atoms. The summed E-state index contributed by atoms with van der Waals surface area (Å²) in [6.07, 6.45) is 1.64. The molecule has 2 rings (SSSR count). The van der Waals surface area contributed by atoms with Crippen LogP contribution in [0.4, 0.5) is 5.69 Å². The fraction of sp³-hybridized carbons (Fsp3) is 0.316. The largest absolute Gasteiger partial charge is 0.351 e. The van der Waals surface area contributed by atoms with E-state index in [9.17, 15) is 14.4 Å². The monoisotopic (exact) mass is 356 g/mol. The van der Waals surface area contributed by atoms with Gasteiger partial charge in [0.25, 0.3) is 11.5 Å². The van der Waals surface area contributed by atoms with Crippen LogP contribution in [0.15, 0.2) is 47.4 Å². The van der Waals surface area contributed by atoms with E-state index in [1.54, 1.807) is 36.5 Å². The first-order chi connectivity index (χ1) is 12.3. The summed E-state index contributed by atoms with van der Waals surface area (Å²) in [5.74, 6) is -0.461. The molecule has 0 aliphatic rings. The van der Waals surface area contributed by atoms with E-state index in [0.29, 0.717) is 17.8 Å². The quantitative estimate of drug-likeness (QED) is 0.778. The number of carbonyl (C=O) groups is 2. The summed E-state index contributed by atoms with van der Waals surface area (Å²) in [4.78, 5) is 37.9. The third-order valence-corrected chi connectivity index (χ3v) is 3.72. The molecule has 0 radical (unpaired) electrons. The summed E-state index contributed by atoms with van der Waals surface area (Å²) in [5.41, 5.74) is 1.77. The molecular weight excluding hydrogens is 332 g/mol. The molecule has 1 heterocycles. The maximum atomic E-state index is 12.1. The number of nitrogens with zero attached hydrogens (tertiary/aromatic N) is 2. The Labute approximate surface area is 152 Å². The molecule has 0 saturated heterocycles. The van der Waals surface area contributed by atoms with Crippen molar-refractivity contribution in [3.8, 4) is 0 Å².